The minimum Gasteiger partial charge on any atom is -0.495 e. The molecule has 0 aliphatic heterocycles. The number of carbonyl (C=O) groups is 1. The van der Waals surface area contributed by atoms with Crippen LogP contribution in [0.4, 0.5) is 8.78 Å². The lowest BCUT2D eigenvalue weighted by Gasteiger charge is -2.11. The number of aromatic carboxylic acids is 1. The van der Waals surface area contributed by atoms with Gasteiger partial charge in [-0.05, 0) is 23.8 Å². The molecule has 2 rings (SSSR count). The van der Waals surface area contributed by atoms with E-state index in [2.05, 4.69) is 0 Å². The number of benzene rings is 2. The number of halogens is 2. The van der Waals surface area contributed by atoms with Gasteiger partial charge in [0.2, 0.25) is 0 Å². The van der Waals surface area contributed by atoms with E-state index in [1.54, 1.807) is 6.07 Å². The van der Waals surface area contributed by atoms with Crippen LogP contribution >= 0.6 is 0 Å². The molecule has 0 aliphatic rings. The van der Waals surface area contributed by atoms with Gasteiger partial charge in [-0.25, -0.2) is 13.6 Å². The summed E-state index contributed by atoms with van der Waals surface area (Å²) in [5, 5.41) is 9.05. The van der Waals surface area contributed by atoms with Crippen LogP contribution in [0, 0.1) is 11.6 Å². The van der Waals surface area contributed by atoms with Crippen molar-refractivity contribution in [2.75, 3.05) is 7.11 Å². The Hall–Kier alpha value is -2.43. The van der Waals surface area contributed by atoms with E-state index >= 15 is 0 Å². The fourth-order valence-corrected chi connectivity index (χ4v) is 1.86. The van der Waals surface area contributed by atoms with Crippen molar-refractivity contribution < 1.29 is 23.4 Å². The van der Waals surface area contributed by atoms with Gasteiger partial charge in [-0.2, -0.15) is 0 Å². The quantitative estimate of drug-likeness (QED) is 0.924. The molecule has 0 spiro atoms. The highest BCUT2D eigenvalue weighted by atomic mass is 19.1. The van der Waals surface area contributed by atoms with Crippen LogP contribution in [0.1, 0.15) is 10.4 Å². The van der Waals surface area contributed by atoms with Crippen LogP contribution in [0.3, 0.4) is 0 Å². The number of methoxy groups -OCH3 is 1. The molecule has 0 radical (unpaired) electrons. The lowest BCUT2D eigenvalue weighted by molar-refractivity contribution is 0.0693. The molecule has 0 saturated carbocycles. The minimum atomic E-state index is -1.17. The zero-order valence-corrected chi connectivity index (χ0v) is 9.98. The fraction of sp³-hybridized carbons (Fsp3) is 0.0714. The minimum absolute atomic E-state index is 0.0651. The highest BCUT2D eigenvalue weighted by molar-refractivity contribution is 5.94. The lowest BCUT2D eigenvalue weighted by Crippen LogP contribution is -2.01. The summed E-state index contributed by atoms with van der Waals surface area (Å²) < 4.78 is 31.5. The monoisotopic (exact) mass is 264 g/mol. The molecular weight excluding hydrogens is 254 g/mol. The second-order valence-corrected chi connectivity index (χ2v) is 3.85. The van der Waals surface area contributed by atoms with Gasteiger partial charge in [-0.3, -0.25) is 0 Å². The number of ether oxygens (including phenoxy) is 1. The van der Waals surface area contributed by atoms with Crippen molar-refractivity contribution >= 4 is 5.97 Å². The Morgan fingerprint density at radius 3 is 2.32 bits per heavy atom. The molecule has 0 unspecified atom stereocenters. The predicted molar refractivity (Wildman–Crippen MR) is 65.3 cm³/mol. The van der Waals surface area contributed by atoms with E-state index in [4.69, 9.17) is 9.84 Å². The maximum absolute atomic E-state index is 13.2. The summed E-state index contributed by atoms with van der Waals surface area (Å²) in [7, 11) is 1.31. The third-order valence-electron chi connectivity index (χ3n) is 2.62. The first-order chi connectivity index (χ1) is 9.02. The average Bonchev–Trinajstić information content (AvgIpc) is 2.36. The summed E-state index contributed by atoms with van der Waals surface area (Å²) in [6.07, 6.45) is 0. The van der Waals surface area contributed by atoms with Crippen molar-refractivity contribution in [1.29, 1.82) is 0 Å². The molecular formula is C14H10F2O3. The van der Waals surface area contributed by atoms with Crippen molar-refractivity contribution in [2.45, 2.75) is 0 Å². The van der Waals surface area contributed by atoms with E-state index in [0.29, 0.717) is 5.56 Å². The normalized spacial score (nSPS) is 10.3. The summed E-state index contributed by atoms with van der Waals surface area (Å²) in [6, 6.07) is 7.38. The Morgan fingerprint density at radius 2 is 1.79 bits per heavy atom. The van der Waals surface area contributed by atoms with Crippen LogP contribution < -0.4 is 4.74 Å². The highest BCUT2D eigenvalue weighted by Crippen LogP contribution is 2.33. The van der Waals surface area contributed by atoms with Gasteiger partial charge in [-0.1, -0.05) is 12.1 Å². The predicted octanol–water partition coefficient (Wildman–Crippen LogP) is 3.34. The molecule has 2 aromatic rings. The van der Waals surface area contributed by atoms with Gasteiger partial charge in [0.25, 0.3) is 0 Å². The summed E-state index contributed by atoms with van der Waals surface area (Å²) in [4.78, 5) is 11.1. The molecule has 0 bridgehead atoms. The Morgan fingerprint density at radius 1 is 1.16 bits per heavy atom. The van der Waals surface area contributed by atoms with Gasteiger partial charge >= 0.3 is 5.97 Å². The van der Waals surface area contributed by atoms with Gasteiger partial charge in [0.05, 0.1) is 7.11 Å². The molecule has 19 heavy (non-hydrogen) atoms. The van der Waals surface area contributed by atoms with E-state index in [1.165, 1.54) is 19.2 Å². The van der Waals surface area contributed by atoms with E-state index in [-0.39, 0.29) is 16.9 Å². The number of carboxylic acid groups (broad SMARTS) is 1. The van der Waals surface area contributed by atoms with Crippen LogP contribution in [0.2, 0.25) is 0 Å². The maximum Gasteiger partial charge on any atom is 0.339 e. The van der Waals surface area contributed by atoms with Crippen LogP contribution in [-0.2, 0) is 0 Å². The van der Waals surface area contributed by atoms with Crippen LogP contribution in [0.25, 0.3) is 11.1 Å². The SMILES string of the molecule is COc1c(C(=O)O)cccc1-c1cc(F)cc(F)c1. The van der Waals surface area contributed by atoms with Gasteiger partial charge in [-0.15, -0.1) is 0 Å². The molecule has 0 atom stereocenters. The van der Waals surface area contributed by atoms with Crippen LogP contribution in [-0.4, -0.2) is 18.2 Å². The zero-order chi connectivity index (χ0) is 14.0. The standard InChI is InChI=1S/C14H10F2O3/c1-19-13-11(3-2-4-12(13)14(17)18)8-5-9(15)7-10(16)6-8/h2-7H,1H3,(H,17,18). The first-order valence-electron chi connectivity index (χ1n) is 5.39. The fourth-order valence-electron chi connectivity index (χ4n) is 1.86. The largest absolute Gasteiger partial charge is 0.495 e. The first kappa shape index (κ1) is 13.0. The summed E-state index contributed by atoms with van der Waals surface area (Å²) >= 11 is 0. The molecule has 0 saturated heterocycles. The van der Waals surface area contributed by atoms with Crippen molar-refractivity contribution in [2.24, 2.45) is 0 Å². The number of carboxylic acids is 1. The summed E-state index contributed by atoms with van der Waals surface area (Å²) in [5.41, 5.74) is 0.475. The third-order valence-corrected chi connectivity index (χ3v) is 2.62. The molecule has 0 aliphatic carbocycles. The molecule has 98 valence electrons. The van der Waals surface area contributed by atoms with E-state index in [9.17, 15) is 13.6 Å². The number of rotatable bonds is 3. The number of hydrogen-bond acceptors (Lipinski definition) is 2. The van der Waals surface area contributed by atoms with Crippen molar-refractivity contribution in [1.82, 2.24) is 0 Å². The van der Waals surface area contributed by atoms with Gasteiger partial charge in [0.15, 0.2) is 0 Å². The number of para-hydroxylation sites is 1. The Labute approximate surface area is 108 Å². The Kier molecular flexibility index (Phi) is 3.46. The zero-order valence-electron chi connectivity index (χ0n) is 9.98. The van der Waals surface area contributed by atoms with Crippen molar-refractivity contribution in [3.05, 3.63) is 53.6 Å². The van der Waals surface area contributed by atoms with Gasteiger partial charge in [0.1, 0.15) is 22.9 Å². The van der Waals surface area contributed by atoms with Gasteiger partial charge < -0.3 is 9.84 Å². The highest BCUT2D eigenvalue weighted by Gasteiger charge is 2.16. The topological polar surface area (TPSA) is 46.5 Å². The number of hydrogen-bond donors (Lipinski definition) is 1. The van der Waals surface area contributed by atoms with E-state index in [0.717, 1.165) is 18.2 Å². The molecule has 0 heterocycles. The second kappa shape index (κ2) is 5.06. The average molecular weight is 264 g/mol. The molecule has 0 aromatic heterocycles. The molecule has 0 fully saturated rings. The third kappa shape index (κ3) is 2.54. The second-order valence-electron chi connectivity index (χ2n) is 3.85. The van der Waals surface area contributed by atoms with Crippen LogP contribution in [0.5, 0.6) is 5.75 Å². The van der Waals surface area contributed by atoms with Crippen molar-refractivity contribution in [3.8, 4) is 16.9 Å². The molecule has 3 nitrogen and oxygen atoms in total. The first-order valence-corrected chi connectivity index (χ1v) is 5.39. The Bertz CT molecular complexity index is 618. The Balaban J connectivity index is 2.68. The lowest BCUT2D eigenvalue weighted by atomic mass is 10.0. The van der Waals surface area contributed by atoms with Crippen molar-refractivity contribution in [3.63, 3.8) is 0 Å². The van der Waals surface area contributed by atoms with Gasteiger partial charge in [0, 0.05) is 11.6 Å². The molecule has 5 heteroatoms. The van der Waals surface area contributed by atoms with Crippen LogP contribution in [0.15, 0.2) is 36.4 Å². The van der Waals surface area contributed by atoms with E-state index < -0.39 is 17.6 Å². The van der Waals surface area contributed by atoms with E-state index in [1.807, 2.05) is 0 Å². The molecule has 0 amide bonds. The summed E-state index contributed by atoms with van der Waals surface area (Å²) in [5.74, 6) is -2.58. The molecule has 2 aromatic carbocycles. The smallest absolute Gasteiger partial charge is 0.339 e. The molecule has 1 N–H and O–H groups in total. The summed E-state index contributed by atoms with van der Waals surface area (Å²) in [6.45, 7) is 0. The maximum atomic E-state index is 13.2.